The van der Waals surface area contributed by atoms with E-state index in [1.165, 1.54) is 16.6 Å². The van der Waals surface area contributed by atoms with Crippen molar-refractivity contribution in [1.29, 1.82) is 0 Å². The Kier molecular flexibility index (Phi) is 5.40. The van der Waals surface area contributed by atoms with E-state index in [9.17, 15) is 8.42 Å². The van der Waals surface area contributed by atoms with Crippen molar-refractivity contribution in [2.75, 3.05) is 18.8 Å². The summed E-state index contributed by atoms with van der Waals surface area (Å²) in [6.07, 6.45) is 2.89. The second-order valence-corrected chi connectivity index (χ2v) is 6.48. The van der Waals surface area contributed by atoms with Crippen molar-refractivity contribution in [1.82, 2.24) is 9.29 Å². The molecule has 0 amide bonds. The first-order valence-corrected chi connectivity index (χ1v) is 7.41. The SMILES string of the molecule is Cl.NCC1CCCN1S(=O)(=O)c1cc(Cl)cnc1N. The largest absolute Gasteiger partial charge is 0.383 e. The minimum absolute atomic E-state index is 0. The number of sulfonamides is 1. The number of hydrogen-bond acceptors (Lipinski definition) is 5. The highest BCUT2D eigenvalue weighted by molar-refractivity contribution is 7.89. The van der Waals surface area contributed by atoms with Crippen LogP contribution in [0.2, 0.25) is 5.02 Å². The topological polar surface area (TPSA) is 102 Å². The molecule has 2 rings (SSSR count). The summed E-state index contributed by atoms with van der Waals surface area (Å²) in [5.74, 6) is -0.0397. The molecule has 6 nitrogen and oxygen atoms in total. The Hall–Kier alpha value is -0.600. The highest BCUT2D eigenvalue weighted by Gasteiger charge is 2.35. The van der Waals surface area contributed by atoms with Gasteiger partial charge in [-0.05, 0) is 18.9 Å². The van der Waals surface area contributed by atoms with Gasteiger partial charge in [0, 0.05) is 25.3 Å². The first-order valence-electron chi connectivity index (χ1n) is 5.59. The van der Waals surface area contributed by atoms with Gasteiger partial charge in [0.05, 0.1) is 5.02 Å². The second kappa shape index (κ2) is 6.23. The zero-order valence-corrected chi connectivity index (χ0v) is 12.5. The van der Waals surface area contributed by atoms with Gasteiger partial charge in [-0.15, -0.1) is 12.4 Å². The lowest BCUT2D eigenvalue weighted by Crippen LogP contribution is -2.40. The van der Waals surface area contributed by atoms with E-state index in [2.05, 4.69) is 4.98 Å². The third-order valence-corrected chi connectivity index (χ3v) is 5.22. The predicted octanol–water partition coefficient (Wildman–Crippen LogP) is 0.851. The van der Waals surface area contributed by atoms with Crippen LogP contribution in [0.15, 0.2) is 17.2 Å². The van der Waals surface area contributed by atoms with Gasteiger partial charge >= 0.3 is 0 Å². The summed E-state index contributed by atoms with van der Waals surface area (Å²) >= 11 is 5.77. The monoisotopic (exact) mass is 326 g/mol. The van der Waals surface area contributed by atoms with Crippen LogP contribution in [0.25, 0.3) is 0 Å². The molecule has 1 saturated heterocycles. The fourth-order valence-electron chi connectivity index (χ4n) is 2.13. The molecule has 1 aromatic heterocycles. The van der Waals surface area contributed by atoms with E-state index in [-0.39, 0.29) is 34.2 Å². The summed E-state index contributed by atoms with van der Waals surface area (Å²) in [4.78, 5) is 3.73. The molecule has 1 aliphatic rings. The summed E-state index contributed by atoms with van der Waals surface area (Å²) in [6.45, 7) is 0.753. The van der Waals surface area contributed by atoms with Crippen molar-refractivity contribution in [3.05, 3.63) is 17.3 Å². The first-order chi connectivity index (χ1) is 8.46. The van der Waals surface area contributed by atoms with E-state index >= 15 is 0 Å². The van der Waals surface area contributed by atoms with Gasteiger partial charge in [0.15, 0.2) is 0 Å². The lowest BCUT2D eigenvalue weighted by molar-refractivity contribution is 0.393. The summed E-state index contributed by atoms with van der Waals surface area (Å²) in [5.41, 5.74) is 11.2. The number of nitrogen functional groups attached to an aromatic ring is 1. The summed E-state index contributed by atoms with van der Waals surface area (Å²) in [6, 6.07) is 1.15. The zero-order chi connectivity index (χ0) is 13.3. The van der Waals surface area contributed by atoms with Crippen LogP contribution in [0.5, 0.6) is 0 Å². The number of nitrogens with zero attached hydrogens (tertiary/aromatic N) is 2. The highest BCUT2D eigenvalue weighted by atomic mass is 35.5. The van der Waals surface area contributed by atoms with Gasteiger partial charge in [0.25, 0.3) is 0 Å². The Bertz CT molecular complexity index is 552. The molecule has 1 atom stereocenters. The number of rotatable bonds is 3. The van der Waals surface area contributed by atoms with Gasteiger partial charge < -0.3 is 11.5 Å². The molecule has 9 heteroatoms. The third-order valence-electron chi connectivity index (χ3n) is 3.03. The Morgan fingerprint density at radius 3 is 2.84 bits per heavy atom. The molecule has 19 heavy (non-hydrogen) atoms. The van der Waals surface area contributed by atoms with Crippen molar-refractivity contribution in [3.63, 3.8) is 0 Å². The number of hydrogen-bond donors (Lipinski definition) is 2. The van der Waals surface area contributed by atoms with Crippen LogP contribution in [-0.2, 0) is 10.0 Å². The Balaban J connectivity index is 0.00000180. The minimum atomic E-state index is -3.67. The molecule has 1 aliphatic heterocycles. The zero-order valence-electron chi connectivity index (χ0n) is 10.1. The smallest absolute Gasteiger partial charge is 0.247 e. The van der Waals surface area contributed by atoms with Gasteiger partial charge in [0.2, 0.25) is 10.0 Å². The fraction of sp³-hybridized carbons (Fsp3) is 0.500. The summed E-state index contributed by atoms with van der Waals surface area (Å²) in [7, 11) is -3.67. The predicted molar refractivity (Wildman–Crippen MR) is 76.9 cm³/mol. The average Bonchev–Trinajstić information content (AvgIpc) is 2.81. The molecule has 108 valence electrons. The van der Waals surface area contributed by atoms with E-state index in [1.54, 1.807) is 0 Å². The molecule has 0 radical (unpaired) electrons. The van der Waals surface area contributed by atoms with E-state index in [0.717, 1.165) is 12.8 Å². The highest BCUT2D eigenvalue weighted by Crippen LogP contribution is 2.29. The molecular formula is C10H16Cl2N4O2S. The molecule has 1 fully saturated rings. The fourth-order valence-corrected chi connectivity index (χ4v) is 4.15. The molecule has 2 heterocycles. The molecule has 0 aromatic carbocycles. The molecule has 0 saturated carbocycles. The molecule has 1 aromatic rings. The number of aromatic nitrogens is 1. The molecule has 1 unspecified atom stereocenters. The first kappa shape index (κ1) is 16.5. The molecule has 4 N–H and O–H groups in total. The van der Waals surface area contributed by atoms with Crippen LogP contribution in [0.1, 0.15) is 12.8 Å². The van der Waals surface area contributed by atoms with Crippen LogP contribution < -0.4 is 11.5 Å². The molecule has 0 spiro atoms. The van der Waals surface area contributed by atoms with Crippen LogP contribution in [0.3, 0.4) is 0 Å². The Morgan fingerprint density at radius 2 is 2.21 bits per heavy atom. The van der Waals surface area contributed by atoms with Crippen LogP contribution in [0, 0.1) is 0 Å². The van der Waals surface area contributed by atoms with Crippen LogP contribution in [-0.4, -0.2) is 36.8 Å². The van der Waals surface area contributed by atoms with Gasteiger partial charge in [-0.2, -0.15) is 4.31 Å². The third kappa shape index (κ3) is 3.11. The lowest BCUT2D eigenvalue weighted by Gasteiger charge is -2.23. The summed E-state index contributed by atoms with van der Waals surface area (Å²) < 4.78 is 26.3. The van der Waals surface area contributed by atoms with Crippen LogP contribution >= 0.6 is 24.0 Å². The Labute approximate surface area is 123 Å². The maximum atomic E-state index is 12.5. The Morgan fingerprint density at radius 1 is 1.53 bits per heavy atom. The van der Waals surface area contributed by atoms with Crippen molar-refractivity contribution in [2.24, 2.45) is 5.73 Å². The van der Waals surface area contributed by atoms with Crippen molar-refractivity contribution in [3.8, 4) is 0 Å². The minimum Gasteiger partial charge on any atom is -0.383 e. The van der Waals surface area contributed by atoms with Gasteiger partial charge in [-0.3, -0.25) is 0 Å². The van der Waals surface area contributed by atoms with Crippen LogP contribution in [0.4, 0.5) is 5.82 Å². The number of pyridine rings is 1. The maximum Gasteiger partial charge on any atom is 0.247 e. The molecular weight excluding hydrogens is 311 g/mol. The van der Waals surface area contributed by atoms with Gasteiger partial charge in [0.1, 0.15) is 10.7 Å². The summed E-state index contributed by atoms with van der Waals surface area (Å²) in [5, 5.41) is 0.242. The average molecular weight is 327 g/mol. The van der Waals surface area contributed by atoms with E-state index in [1.807, 2.05) is 0 Å². The number of nitrogens with two attached hydrogens (primary N) is 2. The molecule has 0 aliphatic carbocycles. The van der Waals surface area contributed by atoms with E-state index in [4.69, 9.17) is 23.1 Å². The van der Waals surface area contributed by atoms with Crippen molar-refractivity contribution >= 4 is 39.8 Å². The van der Waals surface area contributed by atoms with Crippen molar-refractivity contribution < 1.29 is 8.42 Å². The van der Waals surface area contributed by atoms with E-state index < -0.39 is 10.0 Å². The number of anilines is 1. The molecule has 0 bridgehead atoms. The van der Waals surface area contributed by atoms with E-state index in [0.29, 0.717) is 13.1 Å². The standard InChI is InChI=1S/C10H15ClN4O2S.ClH/c11-7-4-9(10(13)14-6-7)18(16,17)15-3-1-2-8(15)5-12;/h4,6,8H,1-3,5,12H2,(H2,13,14);1H. The van der Waals surface area contributed by atoms with Gasteiger partial charge in [-0.1, -0.05) is 11.6 Å². The maximum absolute atomic E-state index is 12.5. The lowest BCUT2D eigenvalue weighted by atomic mass is 10.2. The second-order valence-electron chi connectivity index (χ2n) is 4.18. The van der Waals surface area contributed by atoms with Gasteiger partial charge in [-0.25, -0.2) is 13.4 Å². The van der Waals surface area contributed by atoms with Crippen molar-refractivity contribution in [2.45, 2.75) is 23.8 Å². The number of halogens is 2. The quantitative estimate of drug-likeness (QED) is 0.857. The normalized spacial score (nSPS) is 20.2.